The van der Waals surface area contributed by atoms with E-state index in [1.54, 1.807) is 0 Å². The van der Waals surface area contributed by atoms with Crippen molar-refractivity contribution in [2.24, 2.45) is 0 Å². The molecule has 0 radical (unpaired) electrons. The number of fused-ring (bicyclic) bond motifs is 6. The normalized spacial score (nSPS) is 14.8. The van der Waals surface area contributed by atoms with Crippen LogP contribution in [0, 0.1) is 0 Å². The molecule has 0 aliphatic carbocycles. The molecule has 10 rings (SSSR count). The average Bonchev–Trinajstić information content (AvgIpc) is 3.67. The van der Waals surface area contributed by atoms with E-state index >= 15 is 0 Å². The van der Waals surface area contributed by atoms with Crippen LogP contribution in [0.15, 0.2) is 186 Å². The van der Waals surface area contributed by atoms with E-state index in [0.717, 1.165) is 49.2 Å². The van der Waals surface area contributed by atoms with Gasteiger partial charge < -0.3 is 4.42 Å². The Balaban J connectivity index is 1.30. The minimum atomic E-state index is -0.656. The Labute approximate surface area is 299 Å². The molecule has 0 unspecified atom stereocenters. The molecule has 1 heterocycles. The minimum Gasteiger partial charge on any atom is -0.456 e. The van der Waals surface area contributed by atoms with Crippen molar-refractivity contribution >= 4 is 54.3 Å². The third-order valence-corrected chi connectivity index (χ3v) is 9.23. The van der Waals surface area contributed by atoms with Crippen LogP contribution in [0.3, 0.4) is 0 Å². The fourth-order valence-corrected chi connectivity index (χ4v) is 7.00. The van der Waals surface area contributed by atoms with Crippen molar-refractivity contribution in [2.75, 3.05) is 0 Å². The van der Waals surface area contributed by atoms with Crippen LogP contribution >= 0.6 is 0 Å². The van der Waals surface area contributed by atoms with Gasteiger partial charge in [-0.1, -0.05) is 145 Å². The van der Waals surface area contributed by atoms with Gasteiger partial charge in [0, 0.05) is 10.8 Å². The molecule has 0 aliphatic rings. The molecule has 0 saturated carbocycles. The van der Waals surface area contributed by atoms with Crippen molar-refractivity contribution < 1.29 is 19.5 Å². The summed E-state index contributed by atoms with van der Waals surface area (Å²) >= 11 is 0. The second-order valence-electron chi connectivity index (χ2n) is 12.0. The molecule has 0 atom stereocenters. The van der Waals surface area contributed by atoms with Gasteiger partial charge in [0.15, 0.2) is 0 Å². The van der Waals surface area contributed by atoms with Gasteiger partial charge in [0.1, 0.15) is 11.2 Å². The van der Waals surface area contributed by atoms with Gasteiger partial charge in [0.25, 0.3) is 0 Å². The van der Waals surface area contributed by atoms with E-state index in [1.165, 1.54) is 0 Å². The molecule has 228 valence electrons. The molecule has 0 saturated heterocycles. The van der Waals surface area contributed by atoms with Gasteiger partial charge in [0.2, 0.25) is 0 Å². The Morgan fingerprint density at radius 2 is 1.16 bits per heavy atom. The fourth-order valence-electron chi connectivity index (χ4n) is 7.00. The number of rotatable bonds is 4. The van der Waals surface area contributed by atoms with Crippen LogP contribution in [0.4, 0.5) is 0 Å². The van der Waals surface area contributed by atoms with E-state index in [4.69, 9.17) is 16.8 Å². The van der Waals surface area contributed by atoms with Crippen molar-refractivity contribution in [3.63, 3.8) is 0 Å². The Hall–Kier alpha value is -6.44. The second kappa shape index (κ2) is 11.1. The summed E-state index contributed by atoms with van der Waals surface area (Å²) in [5.74, 6) is 0. The van der Waals surface area contributed by atoms with E-state index in [-0.39, 0.29) is 39.1 Å². The minimum absolute atomic E-state index is 0.0640. The van der Waals surface area contributed by atoms with E-state index < -0.39 is 66.0 Å². The van der Waals surface area contributed by atoms with Gasteiger partial charge in [-0.05, 0) is 113 Å². The van der Waals surface area contributed by atoms with Crippen LogP contribution < -0.4 is 0 Å². The maximum Gasteiger partial charge on any atom is 0.136 e. The Kier molecular flexibility index (Phi) is 4.25. The summed E-state index contributed by atoms with van der Waals surface area (Å²) in [7, 11) is 0. The summed E-state index contributed by atoms with van der Waals surface area (Å²) in [5.41, 5.74) is 3.45. The van der Waals surface area contributed by atoms with Crippen LogP contribution in [0.1, 0.15) is 15.1 Å². The van der Waals surface area contributed by atoms with Gasteiger partial charge in [-0.3, -0.25) is 0 Å². The molecule has 9 aromatic carbocycles. The monoisotopic (exact) mass is 633 g/mol. The quantitative estimate of drug-likeness (QED) is 0.176. The zero-order valence-corrected chi connectivity index (χ0v) is 25.9. The van der Waals surface area contributed by atoms with Crippen molar-refractivity contribution in [1.82, 2.24) is 0 Å². The summed E-state index contributed by atoms with van der Waals surface area (Å²) in [6.45, 7) is 0. The van der Waals surface area contributed by atoms with Crippen molar-refractivity contribution in [3.05, 3.63) is 182 Å². The van der Waals surface area contributed by atoms with Gasteiger partial charge in [-0.25, -0.2) is 0 Å². The number of benzene rings is 9. The standard InChI is InChI=1S/C48H30O/c1-2-11-31(12-3-1)36-25-26-45-44(29-36)48-41(21-10-22-46(48)49-45)40-19-9-20-42-43(40)30-37-15-6-7-18-39(37)47(42)38-17-8-16-34(28-38)35-24-23-32-13-4-5-14-33(32)27-35/h1-30H/i1D,2D,3D,10D,11D,12D,21D,22D,25D,26D,29D. The van der Waals surface area contributed by atoms with E-state index in [0.29, 0.717) is 10.9 Å². The highest BCUT2D eigenvalue weighted by molar-refractivity contribution is 6.20. The Morgan fingerprint density at radius 1 is 0.388 bits per heavy atom. The topological polar surface area (TPSA) is 13.1 Å². The maximum atomic E-state index is 9.54. The molecule has 1 aromatic heterocycles. The third kappa shape index (κ3) is 4.55. The SMILES string of the molecule is [2H]c1c([2H])c([2H])c(-c2c([2H])c([2H])c3oc4c([2H])c([2H])c([2H])c(-c5cccc6c(-c7cccc(-c8ccc9ccccc9c8)c7)c7ccccc7cc56)c4c3c2[2H])c([2H])c1[2H]. The zero-order chi connectivity index (χ0) is 41.9. The first kappa shape index (κ1) is 18.8. The summed E-state index contributed by atoms with van der Waals surface area (Å²) in [4.78, 5) is 0. The zero-order valence-electron chi connectivity index (χ0n) is 36.9. The lowest BCUT2D eigenvalue weighted by Crippen LogP contribution is -1.89. The smallest absolute Gasteiger partial charge is 0.136 e. The number of hydrogen-bond acceptors (Lipinski definition) is 1. The first-order valence-corrected chi connectivity index (χ1v) is 15.9. The number of hydrogen-bond donors (Lipinski definition) is 0. The van der Waals surface area contributed by atoms with Crippen LogP contribution in [-0.2, 0) is 0 Å². The molecule has 49 heavy (non-hydrogen) atoms. The molecule has 1 nitrogen and oxygen atoms in total. The molecule has 1 heteroatoms. The summed E-state index contributed by atoms with van der Waals surface area (Å²) in [6, 6.07) is 32.6. The Morgan fingerprint density at radius 3 is 2.08 bits per heavy atom. The van der Waals surface area contributed by atoms with Crippen LogP contribution in [0.25, 0.3) is 98.8 Å². The fraction of sp³-hybridized carbons (Fsp3) is 0. The van der Waals surface area contributed by atoms with Gasteiger partial charge in [-0.2, -0.15) is 0 Å². The molecule has 0 N–H and O–H groups in total. The largest absolute Gasteiger partial charge is 0.456 e. The van der Waals surface area contributed by atoms with Crippen molar-refractivity contribution in [1.29, 1.82) is 0 Å². The average molecular weight is 634 g/mol. The van der Waals surface area contributed by atoms with Gasteiger partial charge >= 0.3 is 0 Å². The Bertz CT molecular complexity index is 3490. The molecular weight excluding hydrogens is 593 g/mol. The van der Waals surface area contributed by atoms with Gasteiger partial charge in [-0.15, -0.1) is 0 Å². The number of furan rings is 1. The first-order chi connectivity index (χ1) is 28.9. The lowest BCUT2D eigenvalue weighted by Gasteiger charge is -2.16. The molecule has 0 aliphatic heterocycles. The molecule has 0 amide bonds. The van der Waals surface area contributed by atoms with E-state index in [9.17, 15) is 2.74 Å². The highest BCUT2D eigenvalue weighted by Gasteiger charge is 2.18. The first-order valence-electron chi connectivity index (χ1n) is 21.4. The predicted octanol–water partition coefficient (Wildman–Crippen LogP) is 13.7. The third-order valence-electron chi connectivity index (χ3n) is 9.23. The van der Waals surface area contributed by atoms with Gasteiger partial charge in [0.05, 0.1) is 15.1 Å². The van der Waals surface area contributed by atoms with Crippen LogP contribution in [0.5, 0.6) is 0 Å². The second-order valence-corrected chi connectivity index (χ2v) is 12.0. The van der Waals surface area contributed by atoms with E-state index in [1.807, 2.05) is 60.7 Å². The molecular formula is C48H30O. The van der Waals surface area contributed by atoms with Crippen LogP contribution in [0.2, 0.25) is 0 Å². The predicted molar refractivity (Wildman–Crippen MR) is 208 cm³/mol. The molecule has 10 aromatic rings. The lowest BCUT2D eigenvalue weighted by molar-refractivity contribution is 0.669. The lowest BCUT2D eigenvalue weighted by atomic mass is 9.87. The summed E-state index contributed by atoms with van der Waals surface area (Å²) in [6.07, 6.45) is 0. The highest BCUT2D eigenvalue weighted by atomic mass is 16.3. The van der Waals surface area contributed by atoms with Crippen LogP contribution in [-0.4, -0.2) is 0 Å². The van der Waals surface area contributed by atoms with Crippen molar-refractivity contribution in [3.8, 4) is 44.5 Å². The van der Waals surface area contributed by atoms with Crippen molar-refractivity contribution in [2.45, 2.75) is 0 Å². The molecule has 0 fully saturated rings. The molecule has 0 bridgehead atoms. The molecule has 0 spiro atoms. The van der Waals surface area contributed by atoms with E-state index in [2.05, 4.69) is 54.6 Å². The maximum absolute atomic E-state index is 9.54. The highest BCUT2D eigenvalue weighted by Crippen LogP contribution is 2.44. The summed E-state index contributed by atoms with van der Waals surface area (Å²) < 4.78 is 103. The summed E-state index contributed by atoms with van der Waals surface area (Å²) in [5, 5.41) is 5.75.